The molecule has 3 atom stereocenters. The number of likely N-dealkylation sites (N-methyl/N-ethyl adjacent to an activating group) is 1. The van der Waals surface area contributed by atoms with Crippen LogP contribution in [-0.2, 0) is 0 Å². The summed E-state index contributed by atoms with van der Waals surface area (Å²) < 4.78 is 6.21. The van der Waals surface area contributed by atoms with Crippen LogP contribution in [0.25, 0.3) is 22.0 Å². The van der Waals surface area contributed by atoms with Gasteiger partial charge in [0.15, 0.2) is 0 Å². The van der Waals surface area contributed by atoms with Crippen LogP contribution in [0.3, 0.4) is 0 Å². The standard InChI is InChI=1S/C26H31ClN6O/c1-32-10-2-3-20(32)15-34-26-30-24-12-17(16-5-9-22(27)23(28)11-16)4-8-21(24)25(31-26)33-13-18-6-7-19(14-33)29-18/h4-5,8-9,11-12,18-20,29H,2-3,6-7,10,13-15,28H2,1H3/t18?,19?,20-/m0/s1. The molecule has 0 spiro atoms. The number of piperazine rings is 1. The fourth-order valence-corrected chi connectivity index (χ4v) is 5.75. The van der Waals surface area contributed by atoms with E-state index < -0.39 is 0 Å². The lowest BCUT2D eigenvalue weighted by Gasteiger charge is -2.34. The summed E-state index contributed by atoms with van der Waals surface area (Å²) in [6, 6.07) is 14.0. The van der Waals surface area contributed by atoms with Crippen LogP contribution in [0.5, 0.6) is 6.01 Å². The van der Waals surface area contributed by atoms with Crippen LogP contribution in [0.1, 0.15) is 25.7 Å². The Morgan fingerprint density at radius 3 is 2.56 bits per heavy atom. The number of nitrogen functional groups attached to an aromatic ring is 1. The molecule has 2 aromatic carbocycles. The van der Waals surface area contributed by atoms with Gasteiger partial charge in [0.1, 0.15) is 12.4 Å². The first-order valence-corrected chi connectivity index (χ1v) is 12.6. The maximum Gasteiger partial charge on any atom is 0.319 e. The number of nitrogens with zero attached hydrogens (tertiary/aromatic N) is 4. The highest BCUT2D eigenvalue weighted by Crippen LogP contribution is 2.34. The molecule has 0 aliphatic carbocycles. The number of halogens is 1. The topological polar surface area (TPSA) is 79.5 Å². The number of fused-ring (bicyclic) bond motifs is 3. The molecule has 7 nitrogen and oxygen atoms in total. The Hall–Kier alpha value is -2.61. The van der Waals surface area contributed by atoms with E-state index >= 15 is 0 Å². The van der Waals surface area contributed by atoms with Crippen molar-refractivity contribution in [3.8, 4) is 17.1 Å². The van der Waals surface area contributed by atoms with Crippen molar-refractivity contribution in [1.82, 2.24) is 20.2 Å². The smallest absolute Gasteiger partial charge is 0.319 e. The zero-order chi connectivity index (χ0) is 23.2. The molecule has 178 valence electrons. The molecule has 3 N–H and O–H groups in total. The molecule has 2 bridgehead atoms. The van der Waals surface area contributed by atoms with E-state index in [-0.39, 0.29) is 0 Å². The van der Waals surface area contributed by atoms with E-state index in [0.717, 1.165) is 53.9 Å². The number of hydrogen-bond donors (Lipinski definition) is 2. The molecule has 0 radical (unpaired) electrons. The van der Waals surface area contributed by atoms with Crippen LogP contribution in [0.4, 0.5) is 11.5 Å². The van der Waals surface area contributed by atoms with Crippen LogP contribution < -0.4 is 20.7 Å². The summed E-state index contributed by atoms with van der Waals surface area (Å²) in [5.41, 5.74) is 9.58. The maximum atomic E-state index is 6.21. The van der Waals surface area contributed by atoms with Crippen molar-refractivity contribution in [2.24, 2.45) is 0 Å². The van der Waals surface area contributed by atoms with E-state index in [4.69, 9.17) is 32.0 Å². The first-order valence-electron chi connectivity index (χ1n) is 12.2. The molecule has 6 rings (SSSR count). The molecule has 4 heterocycles. The summed E-state index contributed by atoms with van der Waals surface area (Å²) in [5.74, 6) is 0.973. The van der Waals surface area contributed by atoms with Gasteiger partial charge in [-0.3, -0.25) is 0 Å². The number of nitrogens with one attached hydrogen (secondary N) is 1. The Morgan fingerprint density at radius 1 is 1.06 bits per heavy atom. The summed E-state index contributed by atoms with van der Waals surface area (Å²) in [7, 11) is 2.16. The van der Waals surface area contributed by atoms with Crippen LogP contribution in [0.2, 0.25) is 5.02 Å². The van der Waals surface area contributed by atoms with Gasteiger partial charge < -0.3 is 25.6 Å². The second-order valence-corrected chi connectivity index (χ2v) is 10.3. The predicted molar refractivity (Wildman–Crippen MR) is 138 cm³/mol. The number of anilines is 2. The quantitative estimate of drug-likeness (QED) is 0.537. The molecular formula is C26H31ClN6O. The highest BCUT2D eigenvalue weighted by Gasteiger charge is 2.33. The minimum Gasteiger partial charge on any atom is -0.462 e. The molecule has 34 heavy (non-hydrogen) atoms. The molecule has 3 aromatic rings. The molecule has 0 saturated carbocycles. The first-order chi connectivity index (χ1) is 16.5. The summed E-state index contributed by atoms with van der Waals surface area (Å²) >= 11 is 6.14. The number of ether oxygens (including phenoxy) is 1. The lowest BCUT2D eigenvalue weighted by molar-refractivity contribution is 0.188. The van der Waals surface area contributed by atoms with Crippen molar-refractivity contribution in [3.63, 3.8) is 0 Å². The Labute approximate surface area is 205 Å². The number of nitrogens with two attached hydrogens (primary N) is 1. The summed E-state index contributed by atoms with van der Waals surface area (Å²) in [5, 5.41) is 5.33. The van der Waals surface area contributed by atoms with Crippen molar-refractivity contribution in [2.75, 3.05) is 43.9 Å². The molecule has 3 fully saturated rings. The molecule has 3 aliphatic rings. The highest BCUT2D eigenvalue weighted by molar-refractivity contribution is 6.33. The zero-order valence-corrected chi connectivity index (χ0v) is 20.3. The summed E-state index contributed by atoms with van der Waals surface area (Å²) in [6.45, 7) is 3.66. The van der Waals surface area contributed by atoms with Gasteiger partial charge in [-0.25, -0.2) is 0 Å². The molecule has 8 heteroatoms. The van der Waals surface area contributed by atoms with Crippen LogP contribution in [-0.4, -0.2) is 66.3 Å². The lowest BCUT2D eigenvalue weighted by Crippen LogP contribution is -2.51. The van der Waals surface area contributed by atoms with E-state index in [1.54, 1.807) is 0 Å². The van der Waals surface area contributed by atoms with Gasteiger partial charge in [-0.15, -0.1) is 0 Å². The van der Waals surface area contributed by atoms with Crippen molar-refractivity contribution in [3.05, 3.63) is 41.4 Å². The minimum absolute atomic E-state index is 0.418. The van der Waals surface area contributed by atoms with Crippen molar-refractivity contribution < 1.29 is 4.74 Å². The molecular weight excluding hydrogens is 448 g/mol. The molecule has 1 aromatic heterocycles. The van der Waals surface area contributed by atoms with Gasteiger partial charge in [-0.2, -0.15) is 9.97 Å². The number of rotatable bonds is 5. The second-order valence-electron chi connectivity index (χ2n) is 9.93. The van der Waals surface area contributed by atoms with E-state index in [0.29, 0.717) is 41.5 Å². The number of aromatic nitrogens is 2. The zero-order valence-electron chi connectivity index (χ0n) is 19.5. The SMILES string of the molecule is CN1CCC[C@H]1COc1nc(N2CC3CCC(C2)N3)c2ccc(-c3ccc(Cl)c(N)c3)cc2n1. The molecule has 0 amide bonds. The molecule has 2 unspecified atom stereocenters. The van der Waals surface area contributed by atoms with Crippen LogP contribution in [0, 0.1) is 0 Å². The first kappa shape index (κ1) is 21.9. The highest BCUT2D eigenvalue weighted by atomic mass is 35.5. The van der Waals surface area contributed by atoms with Gasteiger partial charge in [0.2, 0.25) is 0 Å². The normalized spacial score (nSPS) is 24.8. The third kappa shape index (κ3) is 4.17. The van der Waals surface area contributed by atoms with Gasteiger partial charge in [-0.05, 0) is 74.7 Å². The Balaban J connectivity index is 1.38. The fourth-order valence-electron chi connectivity index (χ4n) is 5.63. The van der Waals surface area contributed by atoms with Crippen molar-refractivity contribution in [1.29, 1.82) is 0 Å². The molecule has 3 aliphatic heterocycles. The Kier molecular flexibility index (Phi) is 5.71. The second kappa shape index (κ2) is 8.87. The van der Waals surface area contributed by atoms with Gasteiger partial charge in [0, 0.05) is 36.6 Å². The average molecular weight is 479 g/mol. The van der Waals surface area contributed by atoms with Gasteiger partial charge in [0.05, 0.1) is 16.2 Å². The van der Waals surface area contributed by atoms with Gasteiger partial charge in [0.25, 0.3) is 0 Å². The third-order valence-electron chi connectivity index (χ3n) is 7.58. The molecule has 3 saturated heterocycles. The lowest BCUT2D eigenvalue weighted by atomic mass is 10.0. The number of benzene rings is 2. The van der Waals surface area contributed by atoms with E-state index in [1.165, 1.54) is 19.3 Å². The fraction of sp³-hybridized carbons (Fsp3) is 0.462. The largest absolute Gasteiger partial charge is 0.462 e. The minimum atomic E-state index is 0.418. The Morgan fingerprint density at radius 2 is 1.82 bits per heavy atom. The van der Waals surface area contributed by atoms with Crippen molar-refractivity contribution in [2.45, 2.75) is 43.8 Å². The Bertz CT molecular complexity index is 1210. The maximum absolute atomic E-state index is 6.21. The van der Waals surface area contributed by atoms with E-state index in [9.17, 15) is 0 Å². The van der Waals surface area contributed by atoms with Crippen molar-refractivity contribution >= 4 is 34.0 Å². The van der Waals surface area contributed by atoms with Gasteiger partial charge in [-0.1, -0.05) is 23.7 Å². The summed E-state index contributed by atoms with van der Waals surface area (Å²) in [4.78, 5) is 14.6. The summed E-state index contributed by atoms with van der Waals surface area (Å²) in [6.07, 6.45) is 4.82. The third-order valence-corrected chi connectivity index (χ3v) is 7.92. The van der Waals surface area contributed by atoms with Crippen LogP contribution >= 0.6 is 11.6 Å². The number of hydrogen-bond acceptors (Lipinski definition) is 7. The number of likely N-dealkylation sites (tertiary alicyclic amines) is 1. The monoisotopic (exact) mass is 478 g/mol. The van der Waals surface area contributed by atoms with Gasteiger partial charge >= 0.3 is 6.01 Å². The predicted octanol–water partition coefficient (Wildman–Crippen LogP) is 3.95. The van der Waals surface area contributed by atoms with E-state index in [1.807, 2.05) is 18.2 Å². The van der Waals surface area contributed by atoms with Crippen LogP contribution in [0.15, 0.2) is 36.4 Å². The van der Waals surface area contributed by atoms with E-state index in [2.05, 4.69) is 40.4 Å². The average Bonchev–Trinajstić information content (AvgIpc) is 3.41.